The third-order valence-electron chi connectivity index (χ3n) is 6.18. The molecule has 1 unspecified atom stereocenters. The lowest BCUT2D eigenvalue weighted by Gasteiger charge is -2.29. The number of fused-ring (bicyclic) bond motifs is 3. The number of thiazole rings is 1. The fourth-order valence-corrected chi connectivity index (χ4v) is 4.83. The molecule has 35 heavy (non-hydrogen) atoms. The number of phenolic OH excluding ortho intramolecular Hbond substituents is 2. The van der Waals surface area contributed by atoms with Gasteiger partial charge in [-0.3, -0.25) is 19.2 Å². The number of hydrogen-bond acceptors (Lipinski definition) is 10. The Morgan fingerprint density at radius 2 is 1.91 bits per heavy atom. The summed E-state index contributed by atoms with van der Waals surface area (Å²) in [6, 6.07) is 0. The number of carbonyl (C=O) groups is 4. The van der Waals surface area contributed by atoms with Gasteiger partial charge >= 0.3 is 0 Å². The lowest BCUT2D eigenvalue weighted by molar-refractivity contribution is -0.123. The van der Waals surface area contributed by atoms with Crippen molar-refractivity contribution in [2.45, 2.75) is 39.5 Å². The molecule has 10 nitrogen and oxygen atoms in total. The van der Waals surface area contributed by atoms with Crippen LogP contribution in [-0.2, 0) is 19.8 Å². The highest BCUT2D eigenvalue weighted by molar-refractivity contribution is 7.13. The van der Waals surface area contributed by atoms with E-state index >= 15 is 0 Å². The lowest BCUT2D eigenvalue weighted by atomic mass is 9.70. The van der Waals surface area contributed by atoms with Crippen LogP contribution in [0, 0.1) is 6.92 Å². The van der Waals surface area contributed by atoms with Crippen molar-refractivity contribution in [3.8, 4) is 17.2 Å². The minimum atomic E-state index is -1.59. The molecule has 1 aromatic heterocycles. The molecule has 0 radical (unpaired) electrons. The van der Waals surface area contributed by atoms with Crippen LogP contribution < -0.4 is 15.4 Å². The fraction of sp³-hybridized carbons (Fsp3) is 0.292. The molecule has 0 saturated heterocycles. The molecule has 11 heteroatoms. The minimum absolute atomic E-state index is 0.0230. The summed E-state index contributed by atoms with van der Waals surface area (Å²) >= 11 is 1.29. The van der Waals surface area contributed by atoms with Crippen LogP contribution in [0.2, 0.25) is 0 Å². The molecule has 2 aliphatic rings. The van der Waals surface area contributed by atoms with Crippen LogP contribution in [-0.4, -0.2) is 45.0 Å². The molecule has 1 aliphatic heterocycles. The third kappa shape index (κ3) is 3.77. The van der Waals surface area contributed by atoms with Crippen molar-refractivity contribution in [1.29, 1.82) is 0 Å². The van der Waals surface area contributed by atoms with Gasteiger partial charge in [0.2, 0.25) is 5.91 Å². The number of nitrogens with zero attached hydrogens (tertiary/aromatic N) is 1. The van der Waals surface area contributed by atoms with Crippen molar-refractivity contribution < 1.29 is 34.1 Å². The van der Waals surface area contributed by atoms with Gasteiger partial charge < -0.3 is 25.6 Å². The number of carbonyl (C=O) groups excluding carboxylic acids is 4. The molecule has 182 valence electrons. The van der Waals surface area contributed by atoms with Gasteiger partial charge in [0.15, 0.2) is 22.5 Å². The van der Waals surface area contributed by atoms with Crippen molar-refractivity contribution in [3.05, 3.63) is 51.4 Å². The zero-order valence-corrected chi connectivity index (χ0v) is 20.3. The van der Waals surface area contributed by atoms with Gasteiger partial charge in [0.25, 0.3) is 0 Å². The zero-order chi connectivity index (χ0) is 25.7. The number of amides is 1. The fourth-order valence-electron chi connectivity index (χ4n) is 4.28. The predicted octanol–water partition coefficient (Wildman–Crippen LogP) is 2.64. The number of hydrogen-bond donors (Lipinski definition) is 4. The van der Waals surface area contributed by atoms with Crippen LogP contribution >= 0.6 is 11.3 Å². The number of aromatic nitrogens is 1. The van der Waals surface area contributed by atoms with Crippen LogP contribution in [0.25, 0.3) is 0 Å². The van der Waals surface area contributed by atoms with Crippen molar-refractivity contribution in [3.63, 3.8) is 0 Å². The number of phenols is 2. The van der Waals surface area contributed by atoms with E-state index in [2.05, 4.69) is 15.6 Å². The predicted molar refractivity (Wildman–Crippen MR) is 127 cm³/mol. The second-order valence-electron chi connectivity index (χ2n) is 8.45. The highest BCUT2D eigenvalue weighted by Gasteiger charge is 2.56. The van der Waals surface area contributed by atoms with Gasteiger partial charge in [-0.25, -0.2) is 4.98 Å². The molecule has 1 atom stereocenters. The Labute approximate surface area is 204 Å². The summed E-state index contributed by atoms with van der Waals surface area (Å²) in [6.45, 7) is 5.84. The van der Waals surface area contributed by atoms with Gasteiger partial charge in [-0.05, 0) is 27.7 Å². The summed E-state index contributed by atoms with van der Waals surface area (Å²) in [4.78, 5) is 54.9. The van der Waals surface area contributed by atoms with Gasteiger partial charge in [-0.1, -0.05) is 0 Å². The molecule has 4 N–H and O–H groups in total. The Bertz CT molecular complexity index is 1360. The van der Waals surface area contributed by atoms with Crippen molar-refractivity contribution in [1.82, 2.24) is 10.3 Å². The molecule has 0 fully saturated rings. The summed E-state index contributed by atoms with van der Waals surface area (Å²) in [5, 5.41) is 29.0. The number of ketones is 3. The molecule has 1 amide bonds. The summed E-state index contributed by atoms with van der Waals surface area (Å²) < 4.78 is 5.73. The molecule has 4 rings (SSSR count). The van der Waals surface area contributed by atoms with Crippen molar-refractivity contribution >= 4 is 39.7 Å². The number of nitrogens with one attached hydrogen (secondary N) is 2. The minimum Gasteiger partial charge on any atom is -0.507 e. The van der Waals surface area contributed by atoms with E-state index in [1.165, 1.54) is 32.1 Å². The molecule has 1 aliphatic carbocycles. The van der Waals surface area contributed by atoms with Crippen LogP contribution in [0.3, 0.4) is 0 Å². The van der Waals surface area contributed by atoms with E-state index in [0.717, 1.165) is 6.08 Å². The highest BCUT2D eigenvalue weighted by atomic mass is 32.1. The number of rotatable bonds is 6. The molecule has 2 heterocycles. The average molecular weight is 498 g/mol. The molecular formula is C24H23N3O7S. The topological polar surface area (TPSA) is 155 Å². The number of benzene rings is 1. The smallest absolute Gasteiger partial charge is 0.227 e. The Hall–Kier alpha value is -3.99. The van der Waals surface area contributed by atoms with E-state index in [9.17, 15) is 29.4 Å². The number of allylic oxidation sites excluding steroid dienone is 4. The summed E-state index contributed by atoms with van der Waals surface area (Å²) in [7, 11) is 0. The summed E-state index contributed by atoms with van der Waals surface area (Å²) in [5.74, 6) is -3.06. The molecular weight excluding hydrogens is 474 g/mol. The lowest BCUT2D eigenvalue weighted by Crippen LogP contribution is -2.41. The van der Waals surface area contributed by atoms with E-state index in [1.54, 1.807) is 18.5 Å². The Morgan fingerprint density at radius 3 is 2.54 bits per heavy atom. The largest absolute Gasteiger partial charge is 0.507 e. The van der Waals surface area contributed by atoms with E-state index in [-0.39, 0.29) is 64.1 Å². The second-order valence-corrected chi connectivity index (χ2v) is 9.34. The first kappa shape index (κ1) is 24.1. The van der Waals surface area contributed by atoms with Crippen LogP contribution in [0.1, 0.15) is 48.7 Å². The standard InChI is InChI=1S/C24H23N3O7S/c1-10-19(31)17(12(3)28)21-18(20(10)32)24(4)14(34-21)9-13(29)16(22(24)33)11(2)25-6-5-15(30)27-23-26-7-8-35-23/h7-9,25,31-32H,5-6H2,1-4H3,(H,26,27,30). The van der Waals surface area contributed by atoms with Crippen molar-refractivity contribution in [2.24, 2.45) is 0 Å². The first-order valence-corrected chi connectivity index (χ1v) is 11.6. The number of Topliss-reactive ketones (excluding diaryl/α,β-unsaturated/α-hetero) is 2. The van der Waals surface area contributed by atoms with E-state index in [4.69, 9.17) is 4.74 Å². The Balaban J connectivity index is 1.66. The van der Waals surface area contributed by atoms with Crippen LogP contribution in [0.5, 0.6) is 17.2 Å². The van der Waals surface area contributed by atoms with E-state index < -0.39 is 28.5 Å². The SMILES string of the molecule is CC(=O)c1c(O)c(C)c(O)c2c1OC1=CC(=O)C(=C(C)NCCC(=O)Nc3nccs3)C(=O)C12C. The third-order valence-corrected chi connectivity index (χ3v) is 6.87. The van der Waals surface area contributed by atoms with E-state index in [1.807, 2.05) is 0 Å². The van der Waals surface area contributed by atoms with Crippen LogP contribution in [0.4, 0.5) is 5.13 Å². The van der Waals surface area contributed by atoms with Gasteiger partial charge in [-0.15, -0.1) is 11.3 Å². The highest BCUT2D eigenvalue weighted by Crippen LogP contribution is 2.57. The normalized spacial score (nSPS) is 19.9. The Morgan fingerprint density at radius 1 is 1.20 bits per heavy atom. The maximum atomic E-state index is 13.7. The van der Waals surface area contributed by atoms with Gasteiger partial charge in [0, 0.05) is 41.9 Å². The number of anilines is 1. The van der Waals surface area contributed by atoms with Crippen molar-refractivity contribution in [2.75, 3.05) is 11.9 Å². The average Bonchev–Trinajstić information content (AvgIpc) is 3.38. The first-order valence-electron chi connectivity index (χ1n) is 10.7. The molecule has 2 aromatic rings. The Kier molecular flexibility index (Phi) is 5.97. The molecule has 0 saturated carbocycles. The van der Waals surface area contributed by atoms with Gasteiger partial charge in [0.1, 0.15) is 34.0 Å². The maximum Gasteiger partial charge on any atom is 0.227 e. The van der Waals surface area contributed by atoms with Crippen LogP contribution in [0.15, 0.2) is 34.7 Å². The molecule has 0 spiro atoms. The number of aromatic hydroxyl groups is 2. The second kappa shape index (κ2) is 8.66. The summed E-state index contributed by atoms with van der Waals surface area (Å²) in [6.07, 6.45) is 2.78. The zero-order valence-electron chi connectivity index (χ0n) is 19.4. The van der Waals surface area contributed by atoms with Gasteiger partial charge in [-0.2, -0.15) is 0 Å². The monoisotopic (exact) mass is 497 g/mol. The number of ether oxygens (including phenoxy) is 1. The maximum absolute atomic E-state index is 13.7. The molecule has 1 aromatic carbocycles. The van der Waals surface area contributed by atoms with Gasteiger partial charge in [0.05, 0.1) is 11.1 Å². The quantitative estimate of drug-likeness (QED) is 0.268. The van der Waals surface area contributed by atoms with E-state index in [0.29, 0.717) is 5.13 Å². The molecule has 0 bridgehead atoms. The summed E-state index contributed by atoms with van der Waals surface area (Å²) in [5.41, 5.74) is -1.60. The first-order chi connectivity index (χ1) is 16.5.